The Balaban J connectivity index is 1.93. The predicted octanol–water partition coefficient (Wildman–Crippen LogP) is 3.17. The van der Waals surface area contributed by atoms with Crippen molar-refractivity contribution in [3.63, 3.8) is 0 Å². The topological polar surface area (TPSA) is 12.0 Å². The SMILES string of the molecule is Fc1cc2c(cc1C1CCCNC1)CCCC2. The fraction of sp³-hybridized carbons (Fsp3) is 0.600. The van der Waals surface area contributed by atoms with Gasteiger partial charge in [0, 0.05) is 6.54 Å². The summed E-state index contributed by atoms with van der Waals surface area (Å²) in [6.45, 7) is 2.03. The molecule has 1 fully saturated rings. The third-order valence-corrected chi connectivity index (χ3v) is 4.20. The minimum absolute atomic E-state index is 0.0272. The van der Waals surface area contributed by atoms with E-state index < -0.39 is 0 Å². The standard InChI is InChI=1S/C15H20FN/c16-15-9-12-5-2-1-4-11(12)8-14(15)13-6-3-7-17-10-13/h8-9,13,17H,1-7,10H2. The fourth-order valence-electron chi connectivity index (χ4n) is 3.20. The lowest BCUT2D eigenvalue weighted by Gasteiger charge is -2.25. The molecule has 1 nitrogen and oxygen atoms in total. The number of halogens is 1. The van der Waals surface area contributed by atoms with Gasteiger partial charge in [0.1, 0.15) is 5.82 Å². The molecule has 0 spiro atoms. The minimum atomic E-state index is 0.0272. The Morgan fingerprint density at radius 2 is 1.82 bits per heavy atom. The van der Waals surface area contributed by atoms with E-state index >= 15 is 0 Å². The average Bonchev–Trinajstić information content (AvgIpc) is 2.39. The zero-order valence-electron chi connectivity index (χ0n) is 10.3. The Morgan fingerprint density at radius 1 is 1.06 bits per heavy atom. The van der Waals surface area contributed by atoms with E-state index in [1.807, 2.05) is 0 Å². The molecule has 2 heteroatoms. The first kappa shape index (κ1) is 11.2. The molecule has 92 valence electrons. The Kier molecular flexibility index (Phi) is 3.15. The second kappa shape index (κ2) is 4.77. The summed E-state index contributed by atoms with van der Waals surface area (Å²) in [5.74, 6) is 0.412. The maximum Gasteiger partial charge on any atom is 0.127 e. The van der Waals surface area contributed by atoms with Crippen molar-refractivity contribution < 1.29 is 4.39 Å². The molecule has 1 aliphatic carbocycles. The summed E-state index contributed by atoms with van der Waals surface area (Å²) in [7, 11) is 0. The number of fused-ring (bicyclic) bond motifs is 1. The van der Waals surface area contributed by atoms with E-state index in [4.69, 9.17) is 0 Å². The first-order chi connectivity index (χ1) is 8.34. The molecule has 1 aromatic carbocycles. The molecular formula is C15H20FN. The van der Waals surface area contributed by atoms with Gasteiger partial charge in [-0.1, -0.05) is 6.07 Å². The molecule has 0 aromatic heterocycles. The molecule has 0 saturated carbocycles. The zero-order chi connectivity index (χ0) is 11.7. The van der Waals surface area contributed by atoms with Crippen molar-refractivity contribution in [2.24, 2.45) is 0 Å². The van der Waals surface area contributed by atoms with Gasteiger partial charge in [-0.2, -0.15) is 0 Å². The molecule has 1 aromatic rings. The van der Waals surface area contributed by atoms with E-state index in [1.165, 1.54) is 30.4 Å². The number of piperidine rings is 1. The molecule has 3 rings (SSSR count). The quantitative estimate of drug-likeness (QED) is 0.785. The highest BCUT2D eigenvalue weighted by Gasteiger charge is 2.21. The summed E-state index contributed by atoms with van der Waals surface area (Å²) in [6, 6.07) is 3.96. The summed E-state index contributed by atoms with van der Waals surface area (Å²) in [5.41, 5.74) is 3.61. The highest BCUT2D eigenvalue weighted by atomic mass is 19.1. The van der Waals surface area contributed by atoms with Crippen molar-refractivity contribution in [2.45, 2.75) is 44.4 Å². The van der Waals surface area contributed by atoms with E-state index in [2.05, 4.69) is 11.4 Å². The first-order valence-corrected chi connectivity index (χ1v) is 6.86. The molecule has 1 N–H and O–H groups in total. The fourth-order valence-corrected chi connectivity index (χ4v) is 3.20. The molecule has 17 heavy (non-hydrogen) atoms. The van der Waals surface area contributed by atoms with Crippen molar-refractivity contribution in [3.05, 3.63) is 34.6 Å². The zero-order valence-corrected chi connectivity index (χ0v) is 10.3. The smallest absolute Gasteiger partial charge is 0.127 e. The van der Waals surface area contributed by atoms with E-state index in [9.17, 15) is 4.39 Å². The third-order valence-electron chi connectivity index (χ3n) is 4.20. The number of hydrogen-bond donors (Lipinski definition) is 1. The molecule has 1 saturated heterocycles. The second-order valence-electron chi connectivity index (χ2n) is 5.39. The Labute approximate surface area is 102 Å². The van der Waals surface area contributed by atoms with Crippen LogP contribution in [0.4, 0.5) is 4.39 Å². The van der Waals surface area contributed by atoms with Crippen LogP contribution in [0.1, 0.15) is 48.3 Å². The number of benzene rings is 1. The van der Waals surface area contributed by atoms with Crippen LogP contribution in [-0.2, 0) is 12.8 Å². The van der Waals surface area contributed by atoms with Crippen LogP contribution in [-0.4, -0.2) is 13.1 Å². The number of nitrogens with one attached hydrogen (secondary N) is 1. The van der Waals surface area contributed by atoms with Crippen molar-refractivity contribution in [1.29, 1.82) is 0 Å². The van der Waals surface area contributed by atoms with E-state index in [1.54, 1.807) is 6.07 Å². The lowest BCUT2D eigenvalue weighted by Crippen LogP contribution is -2.29. The molecule has 1 unspecified atom stereocenters. The number of hydrogen-bond acceptors (Lipinski definition) is 1. The van der Waals surface area contributed by atoms with Gasteiger partial charge in [0.05, 0.1) is 0 Å². The van der Waals surface area contributed by atoms with Gasteiger partial charge in [0.15, 0.2) is 0 Å². The third kappa shape index (κ3) is 2.23. The summed E-state index contributed by atoms with van der Waals surface area (Å²) in [5, 5.41) is 3.37. The van der Waals surface area contributed by atoms with Gasteiger partial charge in [-0.3, -0.25) is 0 Å². The Morgan fingerprint density at radius 3 is 2.53 bits per heavy atom. The van der Waals surface area contributed by atoms with E-state index in [0.29, 0.717) is 5.92 Å². The van der Waals surface area contributed by atoms with Gasteiger partial charge >= 0.3 is 0 Å². The molecule has 0 amide bonds. The van der Waals surface area contributed by atoms with Gasteiger partial charge < -0.3 is 5.32 Å². The average molecular weight is 233 g/mol. The van der Waals surface area contributed by atoms with Crippen LogP contribution in [0.15, 0.2) is 12.1 Å². The van der Waals surface area contributed by atoms with E-state index in [-0.39, 0.29) is 5.82 Å². The van der Waals surface area contributed by atoms with Crippen LogP contribution in [0.3, 0.4) is 0 Å². The van der Waals surface area contributed by atoms with Crippen molar-refractivity contribution in [1.82, 2.24) is 5.32 Å². The van der Waals surface area contributed by atoms with Crippen LogP contribution in [0.25, 0.3) is 0 Å². The van der Waals surface area contributed by atoms with Crippen LogP contribution in [0, 0.1) is 5.82 Å². The maximum absolute atomic E-state index is 14.1. The van der Waals surface area contributed by atoms with Crippen LogP contribution < -0.4 is 5.32 Å². The van der Waals surface area contributed by atoms with Gasteiger partial charge in [-0.25, -0.2) is 4.39 Å². The van der Waals surface area contributed by atoms with Gasteiger partial charge in [0.2, 0.25) is 0 Å². The highest BCUT2D eigenvalue weighted by molar-refractivity contribution is 5.37. The molecular weight excluding hydrogens is 213 g/mol. The monoisotopic (exact) mass is 233 g/mol. The molecule has 2 aliphatic rings. The van der Waals surface area contributed by atoms with Gasteiger partial charge in [-0.05, 0) is 73.7 Å². The molecule has 1 heterocycles. The molecule has 1 aliphatic heterocycles. The van der Waals surface area contributed by atoms with Crippen molar-refractivity contribution in [3.8, 4) is 0 Å². The molecule has 0 bridgehead atoms. The van der Waals surface area contributed by atoms with Gasteiger partial charge in [-0.15, -0.1) is 0 Å². The van der Waals surface area contributed by atoms with E-state index in [0.717, 1.165) is 37.9 Å². The lowest BCUT2D eigenvalue weighted by molar-refractivity contribution is 0.445. The summed E-state index contributed by atoms with van der Waals surface area (Å²) in [6.07, 6.45) is 6.99. The second-order valence-corrected chi connectivity index (χ2v) is 5.39. The van der Waals surface area contributed by atoms with Crippen LogP contribution in [0.5, 0.6) is 0 Å². The van der Waals surface area contributed by atoms with Crippen molar-refractivity contribution in [2.75, 3.05) is 13.1 Å². The van der Waals surface area contributed by atoms with Crippen LogP contribution in [0.2, 0.25) is 0 Å². The Hall–Kier alpha value is -0.890. The number of rotatable bonds is 1. The first-order valence-electron chi connectivity index (χ1n) is 6.86. The van der Waals surface area contributed by atoms with Crippen LogP contribution >= 0.6 is 0 Å². The summed E-state index contributed by atoms with van der Waals surface area (Å²) < 4.78 is 14.1. The summed E-state index contributed by atoms with van der Waals surface area (Å²) in [4.78, 5) is 0. The van der Waals surface area contributed by atoms with Crippen molar-refractivity contribution >= 4 is 0 Å². The predicted molar refractivity (Wildman–Crippen MR) is 67.9 cm³/mol. The largest absolute Gasteiger partial charge is 0.316 e. The number of aryl methyl sites for hydroxylation is 2. The minimum Gasteiger partial charge on any atom is -0.316 e. The normalized spacial score (nSPS) is 24.4. The lowest BCUT2D eigenvalue weighted by atomic mass is 9.85. The van der Waals surface area contributed by atoms with Gasteiger partial charge in [0.25, 0.3) is 0 Å². The summed E-state index contributed by atoms with van der Waals surface area (Å²) >= 11 is 0. The Bertz CT molecular complexity index is 408. The maximum atomic E-state index is 14.1. The molecule has 1 atom stereocenters. The molecule has 0 radical (unpaired) electrons. The highest BCUT2D eigenvalue weighted by Crippen LogP contribution is 2.30.